The van der Waals surface area contributed by atoms with Crippen LogP contribution in [-0.2, 0) is 14.3 Å². The van der Waals surface area contributed by atoms with Gasteiger partial charge in [-0.3, -0.25) is 9.59 Å². The zero-order valence-corrected chi connectivity index (χ0v) is 17.1. The quantitative estimate of drug-likeness (QED) is 0.355. The summed E-state index contributed by atoms with van der Waals surface area (Å²) in [6.45, 7) is 0.184. The monoisotopic (exact) mass is 431 g/mol. The van der Waals surface area contributed by atoms with Gasteiger partial charge in [-0.1, -0.05) is 18.2 Å². The third-order valence-electron chi connectivity index (χ3n) is 4.65. The van der Waals surface area contributed by atoms with Crippen molar-refractivity contribution >= 4 is 29.0 Å². The fourth-order valence-electron chi connectivity index (χ4n) is 3.25. The van der Waals surface area contributed by atoms with Gasteiger partial charge in [0.25, 0.3) is 5.91 Å². The fourth-order valence-corrected chi connectivity index (χ4v) is 3.93. The van der Waals surface area contributed by atoms with Crippen molar-refractivity contribution in [2.75, 3.05) is 33.5 Å². The minimum atomic E-state index is -0.837. The Kier molecular flexibility index (Phi) is 6.99. The van der Waals surface area contributed by atoms with Gasteiger partial charge >= 0.3 is 5.97 Å². The summed E-state index contributed by atoms with van der Waals surface area (Å²) in [7, 11) is 1.28. The zero-order valence-electron chi connectivity index (χ0n) is 16.2. The van der Waals surface area contributed by atoms with Crippen LogP contribution in [0.5, 0.6) is 0 Å². The molecule has 2 N–H and O–H groups in total. The first kappa shape index (κ1) is 21.7. The standard InChI is InChI=1S/C21H21NO7S/c1-28-21(27)14-6-4-13(5-7-14)17-16(18(24)15-3-2-12-30-15)19(25)20(26)22(17)8-10-29-11-9-23/h2-7,12,17,23,25H,8-11H2,1H3/t17-/m0/s1. The molecule has 1 amide bonds. The van der Waals surface area contributed by atoms with E-state index in [0.29, 0.717) is 16.0 Å². The molecule has 158 valence electrons. The number of nitrogens with zero attached hydrogens (tertiary/aromatic N) is 1. The number of benzene rings is 1. The van der Waals surface area contributed by atoms with E-state index in [9.17, 15) is 19.5 Å². The SMILES string of the molecule is COC(=O)c1ccc([C@H]2C(C(=O)c3cccs3)=C(O)C(=O)N2CCOCCO)cc1. The van der Waals surface area contributed by atoms with Crippen molar-refractivity contribution in [2.45, 2.75) is 6.04 Å². The molecule has 1 aliphatic heterocycles. The molecule has 0 unspecified atom stereocenters. The Labute approximate surface area is 177 Å². The van der Waals surface area contributed by atoms with E-state index in [4.69, 9.17) is 14.6 Å². The van der Waals surface area contributed by atoms with Gasteiger partial charge in [0.15, 0.2) is 5.76 Å². The number of hydrogen-bond donors (Lipinski definition) is 2. The van der Waals surface area contributed by atoms with Crippen LogP contribution in [0.2, 0.25) is 0 Å². The van der Waals surface area contributed by atoms with Gasteiger partial charge in [-0.15, -0.1) is 11.3 Å². The maximum absolute atomic E-state index is 13.1. The van der Waals surface area contributed by atoms with Crippen molar-refractivity contribution in [3.05, 3.63) is 69.1 Å². The molecule has 3 rings (SSSR count). The van der Waals surface area contributed by atoms with Crippen LogP contribution in [-0.4, -0.2) is 66.2 Å². The number of thiophene rings is 1. The smallest absolute Gasteiger partial charge is 0.337 e. The van der Waals surface area contributed by atoms with E-state index in [0.717, 1.165) is 0 Å². The lowest BCUT2D eigenvalue weighted by Gasteiger charge is -2.26. The molecular formula is C21H21NO7S. The van der Waals surface area contributed by atoms with Crippen LogP contribution in [0.4, 0.5) is 0 Å². The molecule has 2 aromatic rings. The van der Waals surface area contributed by atoms with E-state index in [-0.39, 0.29) is 31.9 Å². The van der Waals surface area contributed by atoms with Gasteiger partial charge in [0.05, 0.1) is 49.0 Å². The number of aliphatic hydroxyl groups excluding tert-OH is 2. The lowest BCUT2D eigenvalue weighted by Crippen LogP contribution is -2.34. The Hall–Kier alpha value is -3.01. The van der Waals surface area contributed by atoms with Gasteiger partial charge in [0, 0.05) is 6.54 Å². The molecular weight excluding hydrogens is 410 g/mol. The molecule has 1 aromatic heterocycles. The second-order valence-electron chi connectivity index (χ2n) is 6.42. The van der Waals surface area contributed by atoms with E-state index >= 15 is 0 Å². The minimum Gasteiger partial charge on any atom is -0.503 e. The number of amides is 1. The van der Waals surface area contributed by atoms with Crippen LogP contribution < -0.4 is 0 Å². The van der Waals surface area contributed by atoms with E-state index in [2.05, 4.69) is 0 Å². The van der Waals surface area contributed by atoms with Gasteiger partial charge in [0.2, 0.25) is 5.78 Å². The van der Waals surface area contributed by atoms with Crippen LogP contribution in [0.1, 0.15) is 31.6 Å². The molecule has 2 heterocycles. The van der Waals surface area contributed by atoms with Gasteiger partial charge < -0.3 is 24.6 Å². The van der Waals surface area contributed by atoms with Crippen LogP contribution >= 0.6 is 11.3 Å². The number of Topliss-reactive ketones (excluding diaryl/α,β-unsaturated/α-hetero) is 1. The summed E-state index contributed by atoms with van der Waals surface area (Å²) in [5.41, 5.74) is 0.861. The molecule has 0 radical (unpaired) electrons. The van der Waals surface area contributed by atoms with E-state index < -0.39 is 29.5 Å². The first-order valence-electron chi connectivity index (χ1n) is 9.18. The highest BCUT2D eigenvalue weighted by molar-refractivity contribution is 7.12. The molecule has 1 atom stereocenters. The predicted octanol–water partition coefficient (Wildman–Crippen LogP) is 2.12. The molecule has 0 fully saturated rings. The molecule has 9 heteroatoms. The Morgan fingerprint density at radius 3 is 2.50 bits per heavy atom. The summed E-state index contributed by atoms with van der Waals surface area (Å²) in [4.78, 5) is 39.3. The van der Waals surface area contributed by atoms with Crippen molar-refractivity contribution in [3.63, 3.8) is 0 Å². The highest BCUT2D eigenvalue weighted by Gasteiger charge is 2.43. The largest absolute Gasteiger partial charge is 0.503 e. The number of rotatable bonds is 9. The number of hydrogen-bond acceptors (Lipinski definition) is 8. The molecule has 0 saturated heterocycles. The highest BCUT2D eigenvalue weighted by atomic mass is 32.1. The lowest BCUT2D eigenvalue weighted by atomic mass is 9.94. The summed E-state index contributed by atoms with van der Waals surface area (Å²) in [6, 6.07) is 8.81. The Balaban J connectivity index is 1.97. The normalized spacial score (nSPS) is 16.3. The highest BCUT2D eigenvalue weighted by Crippen LogP contribution is 2.39. The first-order valence-corrected chi connectivity index (χ1v) is 10.1. The van der Waals surface area contributed by atoms with Gasteiger partial charge in [0.1, 0.15) is 0 Å². The van der Waals surface area contributed by atoms with Crippen LogP contribution in [0.25, 0.3) is 0 Å². The molecule has 0 bridgehead atoms. The van der Waals surface area contributed by atoms with Crippen molar-refractivity contribution in [1.82, 2.24) is 4.90 Å². The number of carbonyl (C=O) groups excluding carboxylic acids is 3. The van der Waals surface area contributed by atoms with Crippen molar-refractivity contribution < 1.29 is 34.1 Å². The van der Waals surface area contributed by atoms with Crippen molar-refractivity contribution in [3.8, 4) is 0 Å². The van der Waals surface area contributed by atoms with E-state index in [1.165, 1.54) is 35.5 Å². The summed E-state index contributed by atoms with van der Waals surface area (Å²) >= 11 is 1.22. The van der Waals surface area contributed by atoms with Crippen LogP contribution in [0, 0.1) is 0 Å². The Bertz CT molecular complexity index is 950. The second-order valence-corrected chi connectivity index (χ2v) is 7.37. The number of ketones is 1. The maximum Gasteiger partial charge on any atom is 0.337 e. The molecule has 0 spiro atoms. The number of esters is 1. The summed E-state index contributed by atoms with van der Waals surface area (Å²) in [5.74, 6) is -2.22. The summed E-state index contributed by atoms with van der Waals surface area (Å²) in [6.07, 6.45) is 0. The Morgan fingerprint density at radius 1 is 1.17 bits per heavy atom. The molecule has 1 aromatic carbocycles. The van der Waals surface area contributed by atoms with Crippen LogP contribution in [0.3, 0.4) is 0 Å². The summed E-state index contributed by atoms with van der Waals surface area (Å²) < 4.78 is 9.96. The topological polar surface area (TPSA) is 113 Å². The van der Waals surface area contributed by atoms with E-state index in [1.807, 2.05) is 0 Å². The molecule has 0 saturated carbocycles. The molecule has 8 nitrogen and oxygen atoms in total. The third kappa shape index (κ3) is 4.28. The van der Waals surface area contributed by atoms with Gasteiger partial charge in [-0.2, -0.15) is 0 Å². The average Bonchev–Trinajstić information content (AvgIpc) is 3.39. The van der Waals surface area contributed by atoms with E-state index in [1.54, 1.807) is 29.6 Å². The molecule has 0 aliphatic carbocycles. The summed E-state index contributed by atoms with van der Waals surface area (Å²) in [5, 5.41) is 21.1. The number of carbonyl (C=O) groups is 3. The zero-order chi connectivity index (χ0) is 21.7. The fraction of sp³-hybridized carbons (Fsp3) is 0.286. The lowest BCUT2D eigenvalue weighted by molar-refractivity contribution is -0.130. The number of ether oxygens (including phenoxy) is 2. The number of methoxy groups -OCH3 is 1. The van der Waals surface area contributed by atoms with Gasteiger partial charge in [-0.25, -0.2) is 4.79 Å². The molecule has 30 heavy (non-hydrogen) atoms. The van der Waals surface area contributed by atoms with Crippen LogP contribution in [0.15, 0.2) is 53.1 Å². The number of aliphatic hydroxyl groups is 2. The molecule has 1 aliphatic rings. The minimum absolute atomic E-state index is 0.0181. The van der Waals surface area contributed by atoms with Crippen molar-refractivity contribution in [2.24, 2.45) is 0 Å². The average molecular weight is 431 g/mol. The second kappa shape index (κ2) is 9.66. The Morgan fingerprint density at radius 2 is 1.90 bits per heavy atom. The third-order valence-corrected chi connectivity index (χ3v) is 5.52. The first-order chi connectivity index (χ1) is 14.5. The van der Waals surface area contributed by atoms with Crippen molar-refractivity contribution in [1.29, 1.82) is 0 Å². The predicted molar refractivity (Wildman–Crippen MR) is 108 cm³/mol. The maximum atomic E-state index is 13.1. The van der Waals surface area contributed by atoms with Gasteiger partial charge in [-0.05, 0) is 29.1 Å².